The maximum absolute atomic E-state index is 12.4. The minimum atomic E-state index is -0.0925. The van der Waals surface area contributed by atoms with Gasteiger partial charge in [0.2, 0.25) is 0 Å². The van der Waals surface area contributed by atoms with Crippen LogP contribution in [0.2, 0.25) is 0 Å². The highest BCUT2D eigenvalue weighted by molar-refractivity contribution is 5.74. The van der Waals surface area contributed by atoms with Crippen molar-refractivity contribution >= 4 is 11.8 Å². The number of carbonyl (C=O) groups is 1. The first-order valence-electron chi connectivity index (χ1n) is 8.69. The van der Waals surface area contributed by atoms with Gasteiger partial charge in [0.1, 0.15) is 17.6 Å². The third kappa shape index (κ3) is 3.85. The van der Waals surface area contributed by atoms with E-state index < -0.39 is 0 Å². The van der Waals surface area contributed by atoms with Gasteiger partial charge in [0.05, 0.1) is 13.2 Å². The Morgan fingerprint density at radius 1 is 1.36 bits per heavy atom. The maximum atomic E-state index is 12.4. The number of piperidine rings is 1. The summed E-state index contributed by atoms with van der Waals surface area (Å²) in [5.74, 6) is 0.806. The summed E-state index contributed by atoms with van der Waals surface area (Å²) in [5.41, 5.74) is 0.329. The van der Waals surface area contributed by atoms with Gasteiger partial charge in [-0.05, 0) is 25.0 Å². The highest BCUT2D eigenvalue weighted by Crippen LogP contribution is 2.34. The number of hydrogen-bond acceptors (Lipinski definition) is 5. The van der Waals surface area contributed by atoms with Crippen LogP contribution in [0.3, 0.4) is 0 Å². The van der Waals surface area contributed by atoms with Crippen LogP contribution in [0, 0.1) is 16.7 Å². The van der Waals surface area contributed by atoms with Crippen molar-refractivity contribution in [3.05, 3.63) is 23.9 Å². The van der Waals surface area contributed by atoms with Crippen molar-refractivity contribution in [3.8, 4) is 6.07 Å². The van der Waals surface area contributed by atoms with Crippen LogP contribution in [0.4, 0.5) is 10.6 Å². The van der Waals surface area contributed by atoms with Gasteiger partial charge in [0, 0.05) is 45.7 Å². The molecule has 0 radical (unpaired) electrons. The van der Waals surface area contributed by atoms with E-state index in [1.54, 1.807) is 25.1 Å². The first-order valence-corrected chi connectivity index (χ1v) is 8.69. The van der Waals surface area contributed by atoms with E-state index in [1.807, 2.05) is 17.0 Å². The Labute approximate surface area is 148 Å². The van der Waals surface area contributed by atoms with Crippen LogP contribution in [0.5, 0.6) is 0 Å². The number of rotatable bonds is 1. The number of likely N-dealkylation sites (tertiary alicyclic amines) is 1. The van der Waals surface area contributed by atoms with Gasteiger partial charge in [0.25, 0.3) is 0 Å². The number of urea groups is 1. The van der Waals surface area contributed by atoms with Gasteiger partial charge < -0.3 is 19.4 Å². The van der Waals surface area contributed by atoms with Gasteiger partial charge in [-0.15, -0.1) is 0 Å². The van der Waals surface area contributed by atoms with Gasteiger partial charge in [0.15, 0.2) is 0 Å². The Balaban J connectivity index is 1.81. The Kier molecular flexibility index (Phi) is 5.09. The van der Waals surface area contributed by atoms with Crippen LogP contribution < -0.4 is 4.90 Å². The largest absolute Gasteiger partial charge is 0.379 e. The van der Waals surface area contributed by atoms with Crippen molar-refractivity contribution < 1.29 is 9.53 Å². The lowest BCUT2D eigenvalue weighted by Gasteiger charge is -2.44. The molecule has 1 aromatic rings. The number of nitrogens with zero attached hydrogens (tertiary/aromatic N) is 5. The molecule has 3 rings (SSSR count). The molecule has 1 aromatic heterocycles. The highest BCUT2D eigenvalue weighted by atomic mass is 16.5. The minimum absolute atomic E-state index is 0.0551. The SMILES string of the molecule is CN(C)C(=O)N1CCC[C@]2(COCCN(c3cccc(C#N)n3)C2)C1. The van der Waals surface area contributed by atoms with Crippen molar-refractivity contribution in [2.24, 2.45) is 5.41 Å². The normalized spacial score (nSPS) is 23.9. The zero-order valence-corrected chi connectivity index (χ0v) is 14.9. The Morgan fingerprint density at radius 3 is 2.96 bits per heavy atom. The number of carbonyl (C=O) groups excluding carboxylic acids is 1. The molecule has 7 heteroatoms. The average Bonchev–Trinajstić information content (AvgIpc) is 2.83. The van der Waals surface area contributed by atoms with E-state index in [4.69, 9.17) is 10.00 Å². The van der Waals surface area contributed by atoms with E-state index in [0.717, 1.165) is 38.3 Å². The molecule has 2 aliphatic heterocycles. The highest BCUT2D eigenvalue weighted by Gasteiger charge is 2.40. The summed E-state index contributed by atoms with van der Waals surface area (Å²) in [6.07, 6.45) is 2.00. The molecule has 0 bridgehead atoms. The van der Waals surface area contributed by atoms with E-state index in [1.165, 1.54) is 0 Å². The van der Waals surface area contributed by atoms with Gasteiger partial charge in [-0.25, -0.2) is 9.78 Å². The zero-order valence-electron chi connectivity index (χ0n) is 14.9. The summed E-state index contributed by atoms with van der Waals surface area (Å²) in [6, 6.07) is 7.67. The second-order valence-electron chi connectivity index (χ2n) is 7.17. The van der Waals surface area contributed by atoms with Crippen LogP contribution in [-0.2, 0) is 4.74 Å². The molecule has 2 aliphatic rings. The molecule has 2 fully saturated rings. The number of pyridine rings is 1. The van der Waals surface area contributed by atoms with E-state index in [0.29, 0.717) is 25.5 Å². The topological polar surface area (TPSA) is 72.7 Å². The predicted molar refractivity (Wildman–Crippen MR) is 94.3 cm³/mol. The smallest absolute Gasteiger partial charge is 0.319 e. The summed E-state index contributed by atoms with van der Waals surface area (Å²) in [6.45, 7) is 4.29. The quantitative estimate of drug-likeness (QED) is 0.774. The van der Waals surface area contributed by atoms with Crippen LogP contribution >= 0.6 is 0 Å². The second-order valence-corrected chi connectivity index (χ2v) is 7.17. The molecule has 3 heterocycles. The summed E-state index contributed by atoms with van der Waals surface area (Å²) in [4.78, 5) is 22.6. The molecular formula is C18H25N5O2. The Bertz CT molecular complexity index is 672. The molecular weight excluding hydrogens is 318 g/mol. The molecule has 7 nitrogen and oxygen atoms in total. The molecule has 0 N–H and O–H groups in total. The van der Waals surface area contributed by atoms with Crippen molar-refractivity contribution in [3.63, 3.8) is 0 Å². The van der Waals surface area contributed by atoms with Gasteiger partial charge >= 0.3 is 6.03 Å². The zero-order chi connectivity index (χ0) is 17.9. The van der Waals surface area contributed by atoms with Gasteiger partial charge in [-0.1, -0.05) is 6.07 Å². The molecule has 1 spiro atoms. The summed E-state index contributed by atoms with van der Waals surface area (Å²) >= 11 is 0. The van der Waals surface area contributed by atoms with Crippen LogP contribution in [0.1, 0.15) is 18.5 Å². The van der Waals surface area contributed by atoms with E-state index in [2.05, 4.69) is 16.0 Å². The fourth-order valence-electron chi connectivity index (χ4n) is 3.75. The van der Waals surface area contributed by atoms with Crippen molar-refractivity contribution in [2.75, 3.05) is 58.4 Å². The molecule has 2 amide bonds. The Hall–Kier alpha value is -2.33. The first kappa shape index (κ1) is 17.5. The molecule has 25 heavy (non-hydrogen) atoms. The molecule has 134 valence electrons. The standard InChI is InChI=1S/C18H25N5O2/c1-21(2)17(24)23-8-4-7-18(13-23)12-22(9-10-25-14-18)16-6-3-5-15(11-19)20-16/h3,5-6H,4,7-10,12-14H2,1-2H3/t18-/m1/s1. The lowest BCUT2D eigenvalue weighted by molar-refractivity contribution is 0.0210. The number of nitriles is 1. The summed E-state index contributed by atoms with van der Waals surface area (Å²) in [5, 5.41) is 9.10. The van der Waals surface area contributed by atoms with Crippen LogP contribution in [0.15, 0.2) is 18.2 Å². The lowest BCUT2D eigenvalue weighted by atomic mass is 9.80. The molecule has 0 saturated carbocycles. The minimum Gasteiger partial charge on any atom is -0.379 e. The van der Waals surface area contributed by atoms with Crippen LogP contribution in [-0.4, -0.2) is 74.3 Å². The van der Waals surface area contributed by atoms with E-state index >= 15 is 0 Å². The monoisotopic (exact) mass is 343 g/mol. The van der Waals surface area contributed by atoms with Crippen molar-refractivity contribution in [2.45, 2.75) is 12.8 Å². The third-order valence-electron chi connectivity index (χ3n) is 4.93. The number of hydrogen-bond donors (Lipinski definition) is 0. The maximum Gasteiger partial charge on any atom is 0.319 e. The van der Waals surface area contributed by atoms with Crippen molar-refractivity contribution in [1.29, 1.82) is 5.26 Å². The Morgan fingerprint density at radius 2 is 2.20 bits per heavy atom. The fourth-order valence-corrected chi connectivity index (χ4v) is 3.75. The predicted octanol–water partition coefficient (Wildman–Crippen LogP) is 1.55. The second kappa shape index (κ2) is 7.28. The summed E-state index contributed by atoms with van der Waals surface area (Å²) < 4.78 is 5.90. The fraction of sp³-hybridized carbons (Fsp3) is 0.611. The number of aromatic nitrogens is 1. The molecule has 2 saturated heterocycles. The first-order chi connectivity index (χ1) is 12.0. The summed E-state index contributed by atoms with van der Waals surface area (Å²) in [7, 11) is 3.58. The van der Waals surface area contributed by atoms with Gasteiger partial charge in [-0.3, -0.25) is 0 Å². The van der Waals surface area contributed by atoms with Crippen LogP contribution in [0.25, 0.3) is 0 Å². The average molecular weight is 343 g/mol. The number of anilines is 1. The number of amides is 2. The van der Waals surface area contributed by atoms with Crippen molar-refractivity contribution in [1.82, 2.24) is 14.8 Å². The van der Waals surface area contributed by atoms with E-state index in [9.17, 15) is 4.79 Å². The van der Waals surface area contributed by atoms with Gasteiger partial charge in [-0.2, -0.15) is 5.26 Å². The third-order valence-corrected chi connectivity index (χ3v) is 4.93. The molecule has 0 unspecified atom stereocenters. The molecule has 1 atom stereocenters. The lowest BCUT2D eigenvalue weighted by Crippen LogP contribution is -2.54. The molecule has 0 aromatic carbocycles. The molecule has 0 aliphatic carbocycles. The van der Waals surface area contributed by atoms with E-state index in [-0.39, 0.29) is 11.4 Å². The number of ether oxygens (including phenoxy) is 1.